The molecule has 2 unspecified atom stereocenters. The minimum Gasteiger partial charge on any atom is -0.545 e. The summed E-state index contributed by atoms with van der Waals surface area (Å²) in [5, 5.41) is 27.5. The molecule has 2 amide bonds. The number of aliphatic imine (C=N–C) groups is 2. The standard InChI is InChI=1S/2C12H18N2O3.Ca/c2*1-6(2)12(5)11(17)13-9(14-12)7(3)8(4)10(15)16;/h2*6H,1-5H3,(H,15,16)(H,13,14,17);/q;;+2/p-2. The SMILES string of the molecule is CC(C(=O)[O-])=C(C)C1=NC(=O)C(C)(C(C)C)N1.CC(C(=O)[O-])=C(C)C1=NC(=O)C(C)(C(C)C)N1.[Ca+2]. The minimum absolute atomic E-state index is 0. The number of nitrogens with one attached hydrogen (secondary N) is 2. The van der Waals surface area contributed by atoms with Crippen LogP contribution in [0.2, 0.25) is 0 Å². The van der Waals surface area contributed by atoms with E-state index < -0.39 is 23.0 Å². The van der Waals surface area contributed by atoms with Crippen LogP contribution in [0, 0.1) is 11.8 Å². The number of carbonyl (C=O) groups excluding carboxylic acids is 4. The molecule has 0 saturated carbocycles. The van der Waals surface area contributed by atoms with E-state index in [-0.39, 0.29) is 72.5 Å². The third-order valence-electron chi connectivity index (χ3n) is 6.83. The van der Waals surface area contributed by atoms with E-state index in [1.807, 2.05) is 27.7 Å². The zero-order chi connectivity index (χ0) is 26.8. The third-order valence-corrected chi connectivity index (χ3v) is 6.83. The van der Waals surface area contributed by atoms with Crippen LogP contribution in [0.25, 0.3) is 0 Å². The van der Waals surface area contributed by atoms with Crippen LogP contribution in [-0.2, 0) is 19.2 Å². The predicted molar refractivity (Wildman–Crippen MR) is 130 cm³/mol. The predicted octanol–water partition coefficient (Wildman–Crippen LogP) is -0.349. The van der Waals surface area contributed by atoms with Gasteiger partial charge in [0.05, 0.1) is 11.9 Å². The summed E-state index contributed by atoms with van der Waals surface area (Å²) < 4.78 is 0. The first kappa shape index (κ1) is 33.0. The summed E-state index contributed by atoms with van der Waals surface area (Å²) in [7, 11) is 0. The van der Waals surface area contributed by atoms with Gasteiger partial charge in [0, 0.05) is 0 Å². The molecule has 2 atom stereocenters. The first-order valence-electron chi connectivity index (χ1n) is 11.0. The Morgan fingerprint density at radius 2 is 0.971 bits per heavy atom. The molecule has 2 rings (SSSR count). The van der Waals surface area contributed by atoms with E-state index in [4.69, 9.17) is 0 Å². The maximum Gasteiger partial charge on any atom is 2.00 e. The molecule has 11 heteroatoms. The van der Waals surface area contributed by atoms with Crippen molar-refractivity contribution in [3.05, 3.63) is 22.3 Å². The van der Waals surface area contributed by atoms with Crippen LogP contribution < -0.4 is 20.8 Å². The molecule has 0 aliphatic carbocycles. The summed E-state index contributed by atoms with van der Waals surface area (Å²) in [5.41, 5.74) is -0.495. The number of carboxylic acids is 2. The molecule has 35 heavy (non-hydrogen) atoms. The Morgan fingerprint density at radius 1 is 0.714 bits per heavy atom. The van der Waals surface area contributed by atoms with Gasteiger partial charge >= 0.3 is 37.7 Å². The van der Waals surface area contributed by atoms with E-state index in [1.54, 1.807) is 27.7 Å². The molecule has 188 valence electrons. The number of carboxylic acid groups (broad SMARTS) is 2. The Hall–Kier alpha value is -2.04. The Bertz CT molecular complexity index is 959. The van der Waals surface area contributed by atoms with Crippen LogP contribution in [0.3, 0.4) is 0 Å². The second kappa shape index (κ2) is 12.3. The van der Waals surface area contributed by atoms with Crippen molar-refractivity contribution in [2.75, 3.05) is 0 Å². The molecule has 2 aliphatic rings. The van der Waals surface area contributed by atoms with Crippen molar-refractivity contribution in [1.82, 2.24) is 10.6 Å². The normalized spacial score (nSPS) is 24.8. The first-order valence-corrected chi connectivity index (χ1v) is 11.0. The van der Waals surface area contributed by atoms with E-state index >= 15 is 0 Å². The second-order valence-electron chi connectivity index (χ2n) is 9.57. The number of amidine groups is 2. The van der Waals surface area contributed by atoms with Crippen LogP contribution in [0.5, 0.6) is 0 Å². The number of hydrogen-bond donors (Lipinski definition) is 2. The summed E-state index contributed by atoms with van der Waals surface area (Å²) in [5.74, 6) is -2.27. The molecule has 2 heterocycles. The fraction of sp³-hybridized carbons (Fsp3) is 0.583. The third kappa shape index (κ3) is 7.01. The van der Waals surface area contributed by atoms with Gasteiger partial charge in [0.25, 0.3) is 11.8 Å². The first-order chi connectivity index (χ1) is 15.4. The van der Waals surface area contributed by atoms with Crippen molar-refractivity contribution in [3.63, 3.8) is 0 Å². The van der Waals surface area contributed by atoms with Gasteiger partial charge in [-0.1, -0.05) is 27.7 Å². The molecule has 0 bridgehead atoms. The maximum absolute atomic E-state index is 11.8. The van der Waals surface area contributed by atoms with Crippen LogP contribution in [-0.4, -0.2) is 84.2 Å². The fourth-order valence-electron chi connectivity index (χ4n) is 2.89. The van der Waals surface area contributed by atoms with Crippen molar-refractivity contribution >= 4 is 73.2 Å². The quantitative estimate of drug-likeness (QED) is 0.359. The van der Waals surface area contributed by atoms with Crippen molar-refractivity contribution in [2.24, 2.45) is 21.8 Å². The number of rotatable bonds is 6. The van der Waals surface area contributed by atoms with Crippen molar-refractivity contribution in [1.29, 1.82) is 0 Å². The average molecular weight is 515 g/mol. The van der Waals surface area contributed by atoms with Gasteiger partial charge in [-0.3, -0.25) is 9.59 Å². The zero-order valence-electron chi connectivity index (χ0n) is 22.2. The molecule has 2 N–H and O–H groups in total. The largest absolute Gasteiger partial charge is 2.00 e. The Morgan fingerprint density at radius 3 is 1.14 bits per heavy atom. The van der Waals surface area contributed by atoms with Crippen LogP contribution >= 0.6 is 0 Å². The molecule has 0 fully saturated rings. The monoisotopic (exact) mass is 514 g/mol. The van der Waals surface area contributed by atoms with Gasteiger partial charge in [0.15, 0.2) is 0 Å². The number of amides is 2. The summed E-state index contributed by atoms with van der Waals surface area (Å²) in [6.45, 7) is 17.3. The van der Waals surface area contributed by atoms with Gasteiger partial charge < -0.3 is 30.4 Å². The van der Waals surface area contributed by atoms with Gasteiger partial charge in [0.1, 0.15) is 22.7 Å². The zero-order valence-corrected chi connectivity index (χ0v) is 24.4. The Kier molecular flexibility index (Phi) is 11.6. The van der Waals surface area contributed by atoms with E-state index in [9.17, 15) is 29.4 Å². The molecule has 0 aromatic carbocycles. The van der Waals surface area contributed by atoms with Gasteiger partial charge in [-0.05, 0) is 75.7 Å². The number of nitrogens with zero attached hydrogens (tertiary/aromatic N) is 2. The molecule has 0 aromatic rings. The number of aliphatic carboxylic acids is 2. The molecule has 0 saturated heterocycles. The fourth-order valence-corrected chi connectivity index (χ4v) is 2.89. The molecule has 0 spiro atoms. The summed E-state index contributed by atoms with van der Waals surface area (Å²) in [6, 6.07) is 0. The van der Waals surface area contributed by atoms with Crippen molar-refractivity contribution < 1.29 is 29.4 Å². The molecule has 0 aromatic heterocycles. The molecular weight excluding hydrogens is 480 g/mol. The summed E-state index contributed by atoms with van der Waals surface area (Å²) in [6.07, 6.45) is 0. The Balaban J connectivity index is 0.000000642. The topological polar surface area (TPSA) is 163 Å². The Labute approximate surface area is 236 Å². The van der Waals surface area contributed by atoms with E-state index in [0.717, 1.165) is 0 Å². The number of hydrogen-bond acceptors (Lipinski definition) is 8. The van der Waals surface area contributed by atoms with Gasteiger partial charge in [0.2, 0.25) is 0 Å². The maximum atomic E-state index is 11.8. The second-order valence-corrected chi connectivity index (χ2v) is 9.57. The van der Waals surface area contributed by atoms with Gasteiger partial charge in [-0.15, -0.1) is 0 Å². The van der Waals surface area contributed by atoms with Crippen molar-refractivity contribution in [2.45, 2.75) is 80.3 Å². The summed E-state index contributed by atoms with van der Waals surface area (Å²) >= 11 is 0. The minimum atomic E-state index is -1.25. The van der Waals surface area contributed by atoms with Gasteiger partial charge in [-0.2, -0.15) is 9.98 Å². The van der Waals surface area contributed by atoms with E-state index in [0.29, 0.717) is 22.8 Å². The number of carbonyl (C=O) groups is 4. The molecular formula is C24H34CaN4O6. The van der Waals surface area contributed by atoms with Crippen LogP contribution in [0.4, 0.5) is 0 Å². The average Bonchev–Trinajstić information content (AvgIpc) is 3.23. The molecule has 2 aliphatic heterocycles. The summed E-state index contributed by atoms with van der Waals surface area (Å²) in [4.78, 5) is 52.9. The van der Waals surface area contributed by atoms with E-state index in [2.05, 4.69) is 20.6 Å². The smallest absolute Gasteiger partial charge is 0.545 e. The molecule has 0 radical (unpaired) electrons. The molecule has 10 nitrogen and oxygen atoms in total. The van der Waals surface area contributed by atoms with Crippen molar-refractivity contribution in [3.8, 4) is 0 Å². The van der Waals surface area contributed by atoms with Crippen LogP contribution in [0.15, 0.2) is 32.3 Å². The van der Waals surface area contributed by atoms with Crippen LogP contribution in [0.1, 0.15) is 69.2 Å². The van der Waals surface area contributed by atoms with Gasteiger partial charge in [-0.25, -0.2) is 0 Å². The van der Waals surface area contributed by atoms with E-state index in [1.165, 1.54) is 13.8 Å².